The summed E-state index contributed by atoms with van der Waals surface area (Å²) in [6.07, 6.45) is 0. The maximum Gasteiger partial charge on any atom is 0.242 e. The summed E-state index contributed by atoms with van der Waals surface area (Å²) < 4.78 is 0. The van der Waals surface area contributed by atoms with E-state index < -0.39 is 0 Å². The summed E-state index contributed by atoms with van der Waals surface area (Å²) in [6.45, 7) is 2.85. The molecule has 1 aromatic rings. The number of hydrogen-bond acceptors (Lipinski definition) is 3. The number of pyridine rings is 1. The second-order valence-corrected chi connectivity index (χ2v) is 4.99. The normalized spacial score (nSPS) is 16.2. The van der Waals surface area contributed by atoms with E-state index in [0.717, 1.165) is 0 Å². The maximum atomic E-state index is 11.9. The number of likely N-dealkylation sites (N-methyl/N-ethyl adjacent to an activating group) is 1. The van der Waals surface area contributed by atoms with Crippen LogP contribution in [0, 0.1) is 0 Å². The van der Waals surface area contributed by atoms with Gasteiger partial charge in [0.05, 0.1) is 6.54 Å². The summed E-state index contributed by atoms with van der Waals surface area (Å²) in [5.74, 6) is -0.146. The molecule has 0 unspecified atom stereocenters. The van der Waals surface area contributed by atoms with Crippen molar-refractivity contribution in [1.29, 1.82) is 0 Å². The van der Waals surface area contributed by atoms with Gasteiger partial charge in [-0.1, -0.05) is 29.3 Å². The molecule has 1 aliphatic heterocycles. The number of carbonyl (C=O) groups excluding carboxylic acids is 2. The highest BCUT2D eigenvalue weighted by Crippen LogP contribution is 2.19. The van der Waals surface area contributed by atoms with Crippen LogP contribution in [0.25, 0.3) is 0 Å². The summed E-state index contributed by atoms with van der Waals surface area (Å²) in [4.78, 5) is 30.6. The third-order valence-corrected chi connectivity index (χ3v) is 3.53. The van der Waals surface area contributed by atoms with Crippen LogP contribution in [0.3, 0.4) is 0 Å². The van der Waals surface area contributed by atoms with Crippen LogP contribution in [0.2, 0.25) is 10.3 Å². The number of carbonyl (C=O) groups is 2. The van der Waals surface area contributed by atoms with E-state index in [1.807, 2.05) is 6.92 Å². The SMILES string of the molecule is CCN1CC(=O)N(Cc2ccc(Cl)nc2Cl)CC1=O. The van der Waals surface area contributed by atoms with Gasteiger partial charge in [0.15, 0.2) is 0 Å². The van der Waals surface area contributed by atoms with Crippen LogP contribution in [0.15, 0.2) is 12.1 Å². The largest absolute Gasteiger partial charge is 0.332 e. The van der Waals surface area contributed by atoms with Crippen LogP contribution in [0.4, 0.5) is 0 Å². The fraction of sp³-hybridized carbons (Fsp3) is 0.417. The third kappa shape index (κ3) is 3.16. The van der Waals surface area contributed by atoms with E-state index in [0.29, 0.717) is 17.3 Å². The monoisotopic (exact) mass is 301 g/mol. The van der Waals surface area contributed by atoms with Crippen LogP contribution in [0.5, 0.6) is 0 Å². The van der Waals surface area contributed by atoms with Gasteiger partial charge in [0.2, 0.25) is 11.8 Å². The van der Waals surface area contributed by atoms with Crippen LogP contribution in [0.1, 0.15) is 12.5 Å². The Morgan fingerprint density at radius 1 is 1.16 bits per heavy atom. The second-order valence-electron chi connectivity index (χ2n) is 4.24. The molecule has 0 radical (unpaired) electrons. The Labute approximate surface area is 121 Å². The number of aromatic nitrogens is 1. The van der Waals surface area contributed by atoms with Crippen LogP contribution < -0.4 is 0 Å². The van der Waals surface area contributed by atoms with Crippen molar-refractivity contribution in [3.05, 3.63) is 28.0 Å². The molecule has 0 atom stereocenters. The zero-order chi connectivity index (χ0) is 14.0. The smallest absolute Gasteiger partial charge is 0.242 e. The molecule has 2 heterocycles. The molecule has 0 saturated carbocycles. The molecule has 5 nitrogen and oxygen atoms in total. The maximum absolute atomic E-state index is 11.9. The van der Waals surface area contributed by atoms with E-state index in [1.165, 1.54) is 9.80 Å². The van der Waals surface area contributed by atoms with Crippen LogP contribution in [-0.2, 0) is 16.1 Å². The number of piperazine rings is 1. The van der Waals surface area contributed by atoms with Crippen LogP contribution >= 0.6 is 23.2 Å². The van der Waals surface area contributed by atoms with Gasteiger partial charge in [0.25, 0.3) is 0 Å². The summed E-state index contributed by atoms with van der Waals surface area (Å²) >= 11 is 11.7. The van der Waals surface area contributed by atoms with Crippen LogP contribution in [-0.4, -0.2) is 46.2 Å². The summed E-state index contributed by atoms with van der Waals surface area (Å²) in [7, 11) is 0. The predicted octanol–water partition coefficient (Wildman–Crippen LogP) is 1.58. The topological polar surface area (TPSA) is 53.5 Å². The molecule has 2 rings (SSSR count). The molecule has 19 heavy (non-hydrogen) atoms. The molecule has 7 heteroatoms. The third-order valence-electron chi connectivity index (χ3n) is 2.99. The second kappa shape index (κ2) is 5.75. The number of hydrogen-bond donors (Lipinski definition) is 0. The van der Waals surface area contributed by atoms with Gasteiger partial charge in [-0.3, -0.25) is 9.59 Å². The first-order chi connectivity index (χ1) is 9.01. The van der Waals surface area contributed by atoms with E-state index in [9.17, 15) is 9.59 Å². The molecule has 0 aliphatic carbocycles. The number of halogens is 2. The van der Waals surface area contributed by atoms with E-state index in [2.05, 4.69) is 4.98 Å². The Hall–Kier alpha value is -1.33. The first-order valence-corrected chi connectivity index (χ1v) is 6.63. The lowest BCUT2D eigenvalue weighted by molar-refractivity contribution is -0.150. The van der Waals surface area contributed by atoms with Crippen molar-refractivity contribution in [3.63, 3.8) is 0 Å². The highest BCUT2D eigenvalue weighted by molar-refractivity contribution is 6.32. The van der Waals surface area contributed by atoms with Crippen molar-refractivity contribution >= 4 is 35.0 Å². The van der Waals surface area contributed by atoms with E-state index in [-0.39, 0.29) is 36.6 Å². The lowest BCUT2D eigenvalue weighted by Gasteiger charge is -2.33. The van der Waals surface area contributed by atoms with Crippen molar-refractivity contribution in [3.8, 4) is 0 Å². The summed E-state index contributed by atoms with van der Waals surface area (Å²) in [5, 5.41) is 0.553. The van der Waals surface area contributed by atoms with Gasteiger partial charge in [-0.2, -0.15) is 0 Å². The predicted molar refractivity (Wildman–Crippen MR) is 71.9 cm³/mol. The average molecular weight is 302 g/mol. The van der Waals surface area contributed by atoms with E-state index in [4.69, 9.17) is 23.2 Å². The number of amides is 2. The van der Waals surface area contributed by atoms with Gasteiger partial charge in [-0.25, -0.2) is 4.98 Å². The Balaban J connectivity index is 2.11. The standard InChI is InChI=1S/C12H13Cl2N3O2/c1-2-16-6-11(19)17(7-10(16)18)5-8-3-4-9(13)15-12(8)14/h3-4H,2,5-7H2,1H3. The Morgan fingerprint density at radius 2 is 1.79 bits per heavy atom. The first-order valence-electron chi connectivity index (χ1n) is 5.87. The molecule has 0 aromatic carbocycles. The Kier molecular flexibility index (Phi) is 4.27. The van der Waals surface area contributed by atoms with Gasteiger partial charge in [0, 0.05) is 18.7 Å². The van der Waals surface area contributed by atoms with Gasteiger partial charge < -0.3 is 9.80 Å². The molecule has 0 N–H and O–H groups in total. The van der Waals surface area contributed by atoms with Gasteiger partial charge >= 0.3 is 0 Å². The quantitative estimate of drug-likeness (QED) is 0.797. The van der Waals surface area contributed by atoms with Crippen molar-refractivity contribution in [2.75, 3.05) is 19.6 Å². The minimum Gasteiger partial charge on any atom is -0.332 e. The molecule has 102 valence electrons. The molecule has 2 amide bonds. The first kappa shape index (κ1) is 14.1. The lowest BCUT2D eigenvalue weighted by Crippen LogP contribution is -2.53. The van der Waals surface area contributed by atoms with E-state index >= 15 is 0 Å². The highest BCUT2D eigenvalue weighted by Gasteiger charge is 2.29. The summed E-state index contributed by atoms with van der Waals surface area (Å²) in [6, 6.07) is 3.32. The lowest BCUT2D eigenvalue weighted by atomic mass is 10.2. The molecule has 1 saturated heterocycles. The van der Waals surface area contributed by atoms with Gasteiger partial charge in [0.1, 0.15) is 16.9 Å². The Bertz CT molecular complexity index is 522. The molecule has 1 fully saturated rings. The van der Waals surface area contributed by atoms with E-state index in [1.54, 1.807) is 12.1 Å². The fourth-order valence-electron chi connectivity index (χ4n) is 1.90. The minimum absolute atomic E-state index is 0.0554. The number of nitrogens with zero attached hydrogens (tertiary/aromatic N) is 3. The zero-order valence-electron chi connectivity index (χ0n) is 10.4. The van der Waals surface area contributed by atoms with Crippen molar-refractivity contribution in [2.24, 2.45) is 0 Å². The number of rotatable bonds is 3. The van der Waals surface area contributed by atoms with Gasteiger partial charge in [-0.05, 0) is 13.0 Å². The zero-order valence-corrected chi connectivity index (χ0v) is 11.9. The molecule has 1 aromatic heterocycles. The molecule has 0 bridgehead atoms. The van der Waals surface area contributed by atoms with Crippen molar-refractivity contribution in [1.82, 2.24) is 14.8 Å². The highest BCUT2D eigenvalue weighted by atomic mass is 35.5. The van der Waals surface area contributed by atoms with Gasteiger partial charge in [-0.15, -0.1) is 0 Å². The van der Waals surface area contributed by atoms with Crippen molar-refractivity contribution < 1.29 is 9.59 Å². The summed E-state index contributed by atoms with van der Waals surface area (Å²) in [5.41, 5.74) is 0.678. The molecule has 0 spiro atoms. The fourth-order valence-corrected chi connectivity index (χ4v) is 2.30. The molecular weight excluding hydrogens is 289 g/mol. The Morgan fingerprint density at radius 3 is 2.42 bits per heavy atom. The molecule has 1 aliphatic rings. The van der Waals surface area contributed by atoms with Crippen molar-refractivity contribution in [2.45, 2.75) is 13.5 Å². The average Bonchev–Trinajstić information content (AvgIpc) is 2.36. The molecular formula is C12H13Cl2N3O2. The minimum atomic E-state index is -0.0903.